The molecule has 1 N–H and O–H groups in total. The van der Waals surface area contributed by atoms with Crippen LogP contribution < -0.4 is 14.8 Å². The van der Waals surface area contributed by atoms with Gasteiger partial charge in [-0.3, -0.25) is 4.98 Å². The summed E-state index contributed by atoms with van der Waals surface area (Å²) in [6.45, 7) is 2.67. The Labute approximate surface area is 165 Å². The van der Waals surface area contributed by atoms with Crippen molar-refractivity contribution in [1.82, 2.24) is 14.8 Å². The smallest absolute Gasteiger partial charge is 0.321 e. The van der Waals surface area contributed by atoms with E-state index in [-0.39, 0.29) is 12.8 Å². The number of fused-ring (bicyclic) bond motifs is 1. The number of nitrogens with one attached hydrogen (secondary N) is 1. The van der Waals surface area contributed by atoms with E-state index in [0.29, 0.717) is 17.5 Å². The number of likely N-dealkylation sites (tertiary alicyclic amines) is 1. The van der Waals surface area contributed by atoms with Crippen molar-refractivity contribution in [3.05, 3.63) is 48.3 Å². The maximum Gasteiger partial charge on any atom is 0.321 e. The van der Waals surface area contributed by atoms with E-state index in [1.165, 1.54) is 0 Å². The molecule has 7 nitrogen and oxygen atoms in total. The zero-order valence-corrected chi connectivity index (χ0v) is 16.1. The van der Waals surface area contributed by atoms with Gasteiger partial charge in [0.2, 0.25) is 6.79 Å². The number of rotatable bonds is 5. The first-order valence-electron chi connectivity index (χ1n) is 9.75. The Balaban J connectivity index is 1.30. The monoisotopic (exact) mass is 382 g/mol. The molecule has 1 aromatic heterocycles. The average Bonchev–Trinajstić information content (AvgIpc) is 3.21. The van der Waals surface area contributed by atoms with E-state index in [1.54, 1.807) is 6.07 Å². The van der Waals surface area contributed by atoms with Crippen molar-refractivity contribution in [1.29, 1.82) is 0 Å². The van der Waals surface area contributed by atoms with Gasteiger partial charge in [-0.25, -0.2) is 4.79 Å². The van der Waals surface area contributed by atoms with E-state index >= 15 is 0 Å². The molecule has 2 aliphatic heterocycles. The second kappa shape index (κ2) is 8.48. The van der Waals surface area contributed by atoms with E-state index in [0.717, 1.165) is 50.3 Å². The molecule has 0 saturated carbocycles. The highest BCUT2D eigenvalue weighted by atomic mass is 16.7. The number of anilines is 1. The van der Waals surface area contributed by atoms with Crippen molar-refractivity contribution >= 4 is 11.7 Å². The molecule has 0 spiro atoms. The van der Waals surface area contributed by atoms with Gasteiger partial charge < -0.3 is 24.6 Å². The van der Waals surface area contributed by atoms with Crippen molar-refractivity contribution in [2.75, 3.05) is 38.8 Å². The number of hydrogen-bond donors (Lipinski definition) is 1. The summed E-state index contributed by atoms with van der Waals surface area (Å²) in [5, 5.41) is 2.98. The van der Waals surface area contributed by atoms with Gasteiger partial charge in [0, 0.05) is 55.7 Å². The highest BCUT2D eigenvalue weighted by Crippen LogP contribution is 2.34. The van der Waals surface area contributed by atoms with E-state index in [9.17, 15) is 4.79 Å². The van der Waals surface area contributed by atoms with E-state index in [4.69, 9.17) is 9.47 Å². The van der Waals surface area contributed by atoms with Crippen molar-refractivity contribution in [3.8, 4) is 11.5 Å². The number of piperidine rings is 1. The molecular formula is C21H26N4O3. The number of amides is 2. The van der Waals surface area contributed by atoms with E-state index < -0.39 is 0 Å². The fourth-order valence-electron chi connectivity index (χ4n) is 3.70. The van der Waals surface area contributed by atoms with Gasteiger partial charge in [0.1, 0.15) is 0 Å². The standard InChI is InChI=1S/C21H26N4O3/c1-24(12-9-16-5-2-3-10-22-16)18-6-4-11-25(14-18)21(26)23-17-7-8-19-20(13-17)28-15-27-19/h2-3,5,7-8,10,13,18H,4,6,9,11-12,14-15H2,1H3,(H,23,26). The summed E-state index contributed by atoms with van der Waals surface area (Å²) in [6, 6.07) is 11.8. The molecule has 3 heterocycles. The van der Waals surface area contributed by atoms with E-state index in [2.05, 4.69) is 28.3 Å². The molecule has 2 aromatic rings. The number of carbonyl (C=O) groups excluding carboxylic acids is 1. The van der Waals surface area contributed by atoms with Crippen LogP contribution in [0.5, 0.6) is 11.5 Å². The number of aromatic nitrogens is 1. The molecule has 7 heteroatoms. The molecule has 0 bridgehead atoms. The molecule has 4 rings (SSSR count). The Hall–Kier alpha value is -2.80. The Morgan fingerprint density at radius 1 is 1.29 bits per heavy atom. The number of hydrogen-bond acceptors (Lipinski definition) is 5. The fourth-order valence-corrected chi connectivity index (χ4v) is 3.70. The lowest BCUT2D eigenvalue weighted by Gasteiger charge is -2.37. The van der Waals surface area contributed by atoms with Crippen LogP contribution in [0.4, 0.5) is 10.5 Å². The number of pyridine rings is 1. The molecule has 2 aliphatic rings. The zero-order chi connectivity index (χ0) is 19.3. The Morgan fingerprint density at radius 2 is 2.18 bits per heavy atom. The molecule has 1 aromatic carbocycles. The molecule has 2 amide bonds. The minimum Gasteiger partial charge on any atom is -0.454 e. The van der Waals surface area contributed by atoms with Crippen molar-refractivity contribution in [2.24, 2.45) is 0 Å². The number of carbonyl (C=O) groups is 1. The highest BCUT2D eigenvalue weighted by molar-refractivity contribution is 5.89. The summed E-state index contributed by atoms with van der Waals surface area (Å²) in [5.41, 5.74) is 1.82. The second-order valence-electron chi connectivity index (χ2n) is 7.29. The third kappa shape index (κ3) is 4.36. The van der Waals surface area contributed by atoms with Crippen LogP contribution in [0, 0.1) is 0 Å². The summed E-state index contributed by atoms with van der Waals surface area (Å²) in [6.07, 6.45) is 4.86. The minimum atomic E-state index is -0.0679. The quantitative estimate of drug-likeness (QED) is 0.861. The summed E-state index contributed by atoms with van der Waals surface area (Å²) < 4.78 is 10.7. The van der Waals surface area contributed by atoms with Gasteiger partial charge in [-0.1, -0.05) is 6.07 Å². The lowest BCUT2D eigenvalue weighted by Crippen LogP contribution is -2.50. The molecule has 0 radical (unpaired) electrons. The average molecular weight is 382 g/mol. The van der Waals surface area contributed by atoms with Gasteiger partial charge in [-0.15, -0.1) is 0 Å². The molecule has 28 heavy (non-hydrogen) atoms. The van der Waals surface area contributed by atoms with Crippen molar-refractivity contribution in [2.45, 2.75) is 25.3 Å². The third-order valence-corrected chi connectivity index (χ3v) is 5.38. The van der Waals surface area contributed by atoms with Gasteiger partial charge >= 0.3 is 6.03 Å². The second-order valence-corrected chi connectivity index (χ2v) is 7.29. The summed E-state index contributed by atoms with van der Waals surface area (Å²) >= 11 is 0. The number of benzene rings is 1. The lowest BCUT2D eigenvalue weighted by molar-refractivity contribution is 0.133. The van der Waals surface area contributed by atoms with Crippen LogP contribution in [-0.2, 0) is 6.42 Å². The lowest BCUT2D eigenvalue weighted by atomic mass is 10.0. The zero-order valence-electron chi connectivity index (χ0n) is 16.1. The maximum absolute atomic E-state index is 12.7. The van der Waals surface area contributed by atoms with Gasteiger partial charge in [0.15, 0.2) is 11.5 Å². The largest absolute Gasteiger partial charge is 0.454 e. The number of urea groups is 1. The van der Waals surface area contributed by atoms with Crippen molar-refractivity contribution in [3.63, 3.8) is 0 Å². The van der Waals surface area contributed by atoms with Crippen LogP contribution >= 0.6 is 0 Å². The summed E-state index contributed by atoms with van der Waals surface area (Å²) in [4.78, 5) is 21.4. The molecule has 1 saturated heterocycles. The molecule has 1 atom stereocenters. The topological polar surface area (TPSA) is 66.9 Å². The predicted molar refractivity (Wildman–Crippen MR) is 107 cm³/mol. The number of ether oxygens (including phenoxy) is 2. The first-order chi connectivity index (χ1) is 13.7. The predicted octanol–water partition coefficient (Wildman–Crippen LogP) is 2.98. The van der Waals surface area contributed by atoms with Crippen LogP contribution in [-0.4, -0.2) is 60.3 Å². The highest BCUT2D eigenvalue weighted by Gasteiger charge is 2.26. The van der Waals surface area contributed by atoms with Crippen LogP contribution in [0.3, 0.4) is 0 Å². The first kappa shape index (κ1) is 18.6. The van der Waals surface area contributed by atoms with Crippen LogP contribution in [0.1, 0.15) is 18.5 Å². The maximum atomic E-state index is 12.7. The Morgan fingerprint density at radius 3 is 3.04 bits per heavy atom. The minimum absolute atomic E-state index is 0.0679. The van der Waals surface area contributed by atoms with Crippen LogP contribution in [0.15, 0.2) is 42.6 Å². The normalized spacial score (nSPS) is 18.4. The SMILES string of the molecule is CN(CCc1ccccn1)C1CCCN(C(=O)Nc2ccc3c(c2)OCO3)C1. The molecule has 1 fully saturated rings. The van der Waals surface area contributed by atoms with Gasteiger partial charge in [0.05, 0.1) is 0 Å². The molecular weight excluding hydrogens is 356 g/mol. The van der Waals surface area contributed by atoms with Gasteiger partial charge in [0.25, 0.3) is 0 Å². The summed E-state index contributed by atoms with van der Waals surface area (Å²) in [5.74, 6) is 1.38. The first-order valence-corrected chi connectivity index (χ1v) is 9.75. The van der Waals surface area contributed by atoms with Crippen LogP contribution in [0.25, 0.3) is 0 Å². The molecule has 1 unspecified atom stereocenters. The molecule has 0 aliphatic carbocycles. The molecule has 148 valence electrons. The number of likely N-dealkylation sites (N-methyl/N-ethyl adjacent to an activating group) is 1. The van der Waals surface area contributed by atoms with Gasteiger partial charge in [-0.2, -0.15) is 0 Å². The number of nitrogens with zero attached hydrogens (tertiary/aromatic N) is 3. The van der Waals surface area contributed by atoms with E-state index in [1.807, 2.05) is 35.4 Å². The summed E-state index contributed by atoms with van der Waals surface area (Å²) in [7, 11) is 2.13. The fraction of sp³-hybridized carbons (Fsp3) is 0.429. The third-order valence-electron chi connectivity index (χ3n) is 5.38. The van der Waals surface area contributed by atoms with Crippen LogP contribution in [0.2, 0.25) is 0 Å². The Kier molecular flexibility index (Phi) is 5.62. The van der Waals surface area contributed by atoms with Gasteiger partial charge in [-0.05, 0) is 44.2 Å². The van der Waals surface area contributed by atoms with Crippen molar-refractivity contribution < 1.29 is 14.3 Å². The Bertz CT molecular complexity index is 815.